The monoisotopic (exact) mass is 315 g/mol. The highest BCUT2D eigenvalue weighted by molar-refractivity contribution is 5.94. The number of carbonyl (C=O) groups excluding carboxylic acids is 1. The summed E-state index contributed by atoms with van der Waals surface area (Å²) in [4.78, 5) is 20.5. The van der Waals surface area contributed by atoms with Gasteiger partial charge in [-0.1, -0.05) is 36.1 Å². The number of benzene rings is 1. The van der Waals surface area contributed by atoms with Crippen LogP contribution in [-0.2, 0) is 0 Å². The lowest BCUT2D eigenvalue weighted by molar-refractivity contribution is 0.222. The van der Waals surface area contributed by atoms with Gasteiger partial charge in [0, 0.05) is 23.5 Å². The highest BCUT2D eigenvalue weighted by Gasteiger charge is 2.37. The van der Waals surface area contributed by atoms with Crippen molar-refractivity contribution in [1.29, 1.82) is 0 Å². The minimum absolute atomic E-state index is 0.00608. The third-order valence-corrected chi connectivity index (χ3v) is 4.32. The van der Waals surface area contributed by atoms with Crippen LogP contribution in [0.1, 0.15) is 24.0 Å². The van der Waals surface area contributed by atoms with E-state index in [0.29, 0.717) is 12.4 Å². The van der Waals surface area contributed by atoms with Crippen LogP contribution in [0.15, 0.2) is 60.9 Å². The third-order valence-electron chi connectivity index (χ3n) is 4.32. The van der Waals surface area contributed by atoms with Crippen molar-refractivity contribution in [1.82, 2.24) is 9.88 Å². The zero-order valence-electron chi connectivity index (χ0n) is 13.2. The number of carbonyl (C=O) groups is 1. The minimum atomic E-state index is 0.00608. The Morgan fingerprint density at radius 3 is 2.62 bits per heavy atom. The predicted molar refractivity (Wildman–Crippen MR) is 93.4 cm³/mol. The molecular weight excluding hydrogens is 298 g/mol. The molecule has 24 heavy (non-hydrogen) atoms. The molecule has 4 heteroatoms. The smallest absolute Gasteiger partial charge is 0.296 e. The lowest BCUT2D eigenvalue weighted by Crippen LogP contribution is -2.31. The predicted octanol–water partition coefficient (Wildman–Crippen LogP) is 3.40. The van der Waals surface area contributed by atoms with Gasteiger partial charge in [-0.15, -0.1) is 0 Å². The molecule has 0 spiro atoms. The Morgan fingerprint density at radius 1 is 1.04 bits per heavy atom. The summed E-state index contributed by atoms with van der Waals surface area (Å²) in [5, 5.41) is 0. The SMILES string of the molecule is O=C1N(c2ccc(C#Cc3ccccc3)cn2)CC2CCC=CN12. The number of hydrogen-bond acceptors (Lipinski definition) is 2. The minimum Gasteiger partial charge on any atom is -0.296 e. The van der Waals surface area contributed by atoms with E-state index < -0.39 is 0 Å². The van der Waals surface area contributed by atoms with Crippen LogP contribution >= 0.6 is 0 Å². The molecule has 0 radical (unpaired) electrons. The van der Waals surface area contributed by atoms with E-state index in [9.17, 15) is 4.79 Å². The van der Waals surface area contributed by atoms with Crippen LogP contribution in [0.4, 0.5) is 10.6 Å². The molecule has 0 N–H and O–H groups in total. The summed E-state index contributed by atoms with van der Waals surface area (Å²) in [5.74, 6) is 6.90. The molecule has 1 saturated heterocycles. The maximum atomic E-state index is 12.5. The molecule has 4 rings (SSSR count). The molecule has 0 bridgehead atoms. The van der Waals surface area contributed by atoms with Crippen LogP contribution in [0.3, 0.4) is 0 Å². The largest absolute Gasteiger partial charge is 0.330 e. The highest BCUT2D eigenvalue weighted by Crippen LogP contribution is 2.27. The lowest BCUT2D eigenvalue weighted by atomic mass is 10.1. The first-order chi connectivity index (χ1) is 11.8. The molecule has 1 unspecified atom stereocenters. The van der Waals surface area contributed by atoms with E-state index in [1.165, 1.54) is 0 Å². The zero-order valence-corrected chi connectivity index (χ0v) is 13.2. The number of nitrogens with zero attached hydrogens (tertiary/aromatic N) is 3. The first kappa shape index (κ1) is 14.5. The van der Waals surface area contributed by atoms with E-state index >= 15 is 0 Å². The second-order valence-corrected chi connectivity index (χ2v) is 5.94. The van der Waals surface area contributed by atoms with Crippen molar-refractivity contribution in [3.8, 4) is 11.8 Å². The topological polar surface area (TPSA) is 36.4 Å². The van der Waals surface area contributed by atoms with Gasteiger partial charge in [0.2, 0.25) is 0 Å². The van der Waals surface area contributed by atoms with E-state index in [0.717, 1.165) is 24.0 Å². The van der Waals surface area contributed by atoms with Crippen molar-refractivity contribution in [3.05, 3.63) is 72.1 Å². The number of allylic oxidation sites excluding steroid dienone is 1. The molecule has 1 fully saturated rings. The number of anilines is 1. The fourth-order valence-corrected chi connectivity index (χ4v) is 3.04. The second-order valence-electron chi connectivity index (χ2n) is 5.94. The number of fused-ring (bicyclic) bond motifs is 1. The molecular formula is C20H17N3O. The van der Waals surface area contributed by atoms with Crippen LogP contribution in [-0.4, -0.2) is 28.5 Å². The van der Waals surface area contributed by atoms with Gasteiger partial charge in [-0.2, -0.15) is 0 Å². The van der Waals surface area contributed by atoms with E-state index in [1.807, 2.05) is 59.6 Å². The molecule has 4 nitrogen and oxygen atoms in total. The van der Waals surface area contributed by atoms with Gasteiger partial charge in [-0.05, 0) is 37.1 Å². The van der Waals surface area contributed by atoms with E-state index in [2.05, 4.69) is 16.8 Å². The van der Waals surface area contributed by atoms with E-state index in [1.54, 1.807) is 11.1 Å². The first-order valence-electron chi connectivity index (χ1n) is 8.11. The Labute approximate surface area is 141 Å². The molecule has 2 aromatic rings. The molecule has 2 aliphatic rings. The Kier molecular flexibility index (Phi) is 3.76. The van der Waals surface area contributed by atoms with Gasteiger partial charge in [0.25, 0.3) is 0 Å². The fourth-order valence-electron chi connectivity index (χ4n) is 3.04. The molecule has 0 aliphatic carbocycles. The summed E-state index contributed by atoms with van der Waals surface area (Å²) in [5.41, 5.74) is 1.81. The van der Waals surface area contributed by atoms with Crippen LogP contribution in [0.2, 0.25) is 0 Å². The van der Waals surface area contributed by atoms with Crippen molar-refractivity contribution in [2.45, 2.75) is 18.9 Å². The molecule has 118 valence electrons. The Hall–Kier alpha value is -3.06. The summed E-state index contributed by atoms with van der Waals surface area (Å²) >= 11 is 0. The van der Waals surface area contributed by atoms with Gasteiger partial charge in [0.15, 0.2) is 0 Å². The van der Waals surface area contributed by atoms with Gasteiger partial charge in [-0.25, -0.2) is 9.78 Å². The number of hydrogen-bond donors (Lipinski definition) is 0. The first-order valence-corrected chi connectivity index (χ1v) is 8.11. The van der Waals surface area contributed by atoms with Crippen LogP contribution in [0, 0.1) is 11.8 Å². The number of amides is 2. The highest BCUT2D eigenvalue weighted by atomic mass is 16.2. The van der Waals surface area contributed by atoms with Crippen LogP contribution < -0.4 is 4.90 Å². The summed E-state index contributed by atoms with van der Waals surface area (Å²) in [7, 11) is 0. The van der Waals surface area contributed by atoms with Gasteiger partial charge < -0.3 is 0 Å². The normalized spacial score (nSPS) is 19.0. The molecule has 0 saturated carbocycles. The summed E-state index contributed by atoms with van der Waals surface area (Å²) in [6.45, 7) is 0.700. The lowest BCUT2D eigenvalue weighted by Gasteiger charge is -2.21. The number of aromatic nitrogens is 1. The average Bonchev–Trinajstić information content (AvgIpc) is 2.98. The molecule has 1 aromatic heterocycles. The molecule has 1 atom stereocenters. The van der Waals surface area contributed by atoms with E-state index in [-0.39, 0.29) is 12.1 Å². The second kappa shape index (κ2) is 6.21. The van der Waals surface area contributed by atoms with Crippen LogP contribution in [0.25, 0.3) is 0 Å². The van der Waals surface area contributed by atoms with Crippen molar-refractivity contribution in [2.75, 3.05) is 11.4 Å². The molecule has 2 amide bonds. The van der Waals surface area contributed by atoms with Crippen LogP contribution in [0.5, 0.6) is 0 Å². The van der Waals surface area contributed by atoms with Crippen molar-refractivity contribution in [2.24, 2.45) is 0 Å². The molecule has 3 heterocycles. The standard InChI is InChI=1S/C20H17N3O/c24-20-22-13-5-4-8-18(22)15-23(20)19-12-11-17(14-21-19)10-9-16-6-2-1-3-7-16/h1-3,5-7,11-14,18H,4,8,15H2. The molecule has 1 aromatic carbocycles. The third kappa shape index (κ3) is 2.77. The quantitative estimate of drug-likeness (QED) is 0.756. The molecule has 2 aliphatic heterocycles. The average molecular weight is 315 g/mol. The maximum Gasteiger partial charge on any atom is 0.330 e. The number of urea groups is 1. The van der Waals surface area contributed by atoms with Crippen molar-refractivity contribution < 1.29 is 4.79 Å². The van der Waals surface area contributed by atoms with E-state index in [4.69, 9.17) is 0 Å². The Morgan fingerprint density at radius 2 is 1.88 bits per heavy atom. The Balaban J connectivity index is 1.52. The summed E-state index contributed by atoms with van der Waals surface area (Å²) < 4.78 is 0. The van der Waals surface area contributed by atoms with Gasteiger partial charge in [-0.3, -0.25) is 9.80 Å². The van der Waals surface area contributed by atoms with Crippen molar-refractivity contribution >= 4 is 11.8 Å². The van der Waals surface area contributed by atoms with Gasteiger partial charge in [0.05, 0.1) is 12.6 Å². The maximum absolute atomic E-state index is 12.5. The fraction of sp³-hybridized carbons (Fsp3) is 0.200. The summed E-state index contributed by atoms with van der Waals surface area (Å²) in [6, 6.07) is 13.9. The zero-order chi connectivity index (χ0) is 16.4. The van der Waals surface area contributed by atoms with Gasteiger partial charge in [0.1, 0.15) is 5.82 Å². The van der Waals surface area contributed by atoms with Crippen molar-refractivity contribution in [3.63, 3.8) is 0 Å². The van der Waals surface area contributed by atoms with Gasteiger partial charge >= 0.3 is 6.03 Å². The number of rotatable bonds is 1. The summed E-state index contributed by atoms with van der Waals surface area (Å²) in [6.07, 6.45) is 7.72. The Bertz CT molecular complexity index is 831. The number of pyridine rings is 1.